The summed E-state index contributed by atoms with van der Waals surface area (Å²) in [6.45, 7) is 10.5. The van der Waals surface area contributed by atoms with Crippen LogP contribution in [0.15, 0.2) is 25.3 Å². The Labute approximate surface area is 62.7 Å². The van der Waals surface area contributed by atoms with Crippen molar-refractivity contribution in [1.82, 2.24) is 0 Å². The van der Waals surface area contributed by atoms with Gasteiger partial charge in [-0.25, -0.2) is 0 Å². The first-order valence-electron chi connectivity index (χ1n) is 2.62. The summed E-state index contributed by atoms with van der Waals surface area (Å²) < 4.78 is 8.74. The van der Waals surface area contributed by atoms with Crippen LogP contribution in [0.3, 0.4) is 0 Å². The van der Waals surface area contributed by atoms with Crippen molar-refractivity contribution in [3.8, 4) is 0 Å². The van der Waals surface area contributed by atoms with Crippen molar-refractivity contribution in [3.63, 3.8) is 0 Å². The Bertz CT molecular complexity index is 81.0. The maximum atomic E-state index is 8.74. The normalized spacial score (nSPS) is 6.10. The highest BCUT2D eigenvalue weighted by Crippen LogP contribution is 1.98. The SMILES string of the molecule is C=CC.C=CC.O=[PH](O)O. The minimum atomic E-state index is -3.13. The first kappa shape index (κ1) is 16.3. The van der Waals surface area contributed by atoms with Crippen LogP contribution in [0.4, 0.5) is 0 Å². The molecular formula is C6H15O3P. The molecule has 0 aliphatic heterocycles. The van der Waals surface area contributed by atoms with Crippen molar-refractivity contribution >= 4 is 8.25 Å². The summed E-state index contributed by atoms with van der Waals surface area (Å²) in [5.41, 5.74) is 0. The molecule has 0 aromatic carbocycles. The molecule has 0 spiro atoms. The molecule has 0 atom stereocenters. The van der Waals surface area contributed by atoms with Gasteiger partial charge in [0.2, 0.25) is 0 Å². The molecule has 2 N–H and O–H groups in total. The van der Waals surface area contributed by atoms with E-state index in [2.05, 4.69) is 13.2 Å². The van der Waals surface area contributed by atoms with E-state index in [0.29, 0.717) is 0 Å². The van der Waals surface area contributed by atoms with Crippen molar-refractivity contribution < 1.29 is 14.4 Å². The zero-order chi connectivity index (χ0) is 8.99. The smallest absolute Gasteiger partial charge is 0.314 e. The predicted octanol–water partition coefficient (Wildman–Crippen LogP) is 1.75. The van der Waals surface area contributed by atoms with E-state index in [0.717, 1.165) is 0 Å². The fourth-order valence-electron chi connectivity index (χ4n) is 0. The number of rotatable bonds is 0. The van der Waals surface area contributed by atoms with E-state index in [-0.39, 0.29) is 0 Å². The van der Waals surface area contributed by atoms with Crippen molar-refractivity contribution in [3.05, 3.63) is 25.3 Å². The van der Waals surface area contributed by atoms with Crippen molar-refractivity contribution in [1.29, 1.82) is 0 Å². The van der Waals surface area contributed by atoms with Crippen LogP contribution in [-0.4, -0.2) is 9.79 Å². The van der Waals surface area contributed by atoms with E-state index in [1.165, 1.54) is 0 Å². The Morgan fingerprint density at radius 2 is 1.20 bits per heavy atom. The monoisotopic (exact) mass is 166 g/mol. The second-order valence-corrected chi connectivity index (χ2v) is 1.66. The van der Waals surface area contributed by atoms with Crippen LogP contribution in [0.2, 0.25) is 0 Å². The van der Waals surface area contributed by atoms with Crippen LogP contribution in [0.1, 0.15) is 13.8 Å². The highest BCUT2D eigenvalue weighted by Gasteiger charge is 1.61. The van der Waals surface area contributed by atoms with Gasteiger partial charge >= 0.3 is 8.25 Å². The molecule has 0 radical (unpaired) electrons. The lowest BCUT2D eigenvalue weighted by atomic mass is 10.8. The Balaban J connectivity index is -0.0000000750. The lowest BCUT2D eigenvalue weighted by Crippen LogP contribution is -1.38. The fourth-order valence-corrected chi connectivity index (χ4v) is 0. The number of hydrogen-bond donors (Lipinski definition) is 2. The van der Waals surface area contributed by atoms with Gasteiger partial charge in [-0.05, 0) is 13.8 Å². The zero-order valence-corrected chi connectivity index (χ0v) is 7.37. The highest BCUT2D eigenvalue weighted by atomic mass is 31.1. The second kappa shape index (κ2) is 23.4. The Morgan fingerprint density at radius 1 is 1.20 bits per heavy atom. The minimum absolute atomic E-state index is 1.75. The third kappa shape index (κ3) is 2450. The van der Waals surface area contributed by atoms with E-state index >= 15 is 0 Å². The van der Waals surface area contributed by atoms with Crippen LogP contribution in [-0.2, 0) is 4.57 Å². The summed E-state index contributed by atoms with van der Waals surface area (Å²) in [6, 6.07) is 0. The van der Waals surface area contributed by atoms with Crippen LogP contribution >= 0.6 is 8.25 Å². The number of hydrogen-bond acceptors (Lipinski definition) is 1. The summed E-state index contributed by atoms with van der Waals surface area (Å²) in [7, 11) is -3.13. The quantitative estimate of drug-likeness (QED) is 0.425. The third-order valence-corrected chi connectivity index (χ3v) is 0. The maximum absolute atomic E-state index is 8.74. The first-order valence-corrected chi connectivity index (χ1v) is 3.93. The lowest BCUT2D eigenvalue weighted by molar-refractivity contribution is 0.405. The standard InChI is InChI=1S/2C3H6.H3O3P/c2*1-3-2;1-4(2)3/h2*3H,1H2,2H3;4H,(H2,1,2,3). The Hall–Kier alpha value is -0.370. The molecule has 0 aromatic rings. The summed E-state index contributed by atoms with van der Waals surface area (Å²) in [6.07, 6.45) is 3.50. The summed E-state index contributed by atoms with van der Waals surface area (Å²) >= 11 is 0. The summed E-state index contributed by atoms with van der Waals surface area (Å²) in [5, 5.41) is 0. The van der Waals surface area contributed by atoms with Gasteiger partial charge in [0.25, 0.3) is 0 Å². The van der Waals surface area contributed by atoms with E-state index in [1.54, 1.807) is 12.2 Å². The van der Waals surface area contributed by atoms with Gasteiger partial charge in [0.1, 0.15) is 0 Å². The minimum Gasteiger partial charge on any atom is -0.326 e. The van der Waals surface area contributed by atoms with Crippen LogP contribution in [0.25, 0.3) is 0 Å². The molecule has 0 bridgehead atoms. The molecular weight excluding hydrogens is 151 g/mol. The summed E-state index contributed by atoms with van der Waals surface area (Å²) in [4.78, 5) is 14.3. The van der Waals surface area contributed by atoms with Crippen molar-refractivity contribution in [2.24, 2.45) is 0 Å². The van der Waals surface area contributed by atoms with Gasteiger partial charge in [0.15, 0.2) is 0 Å². The maximum Gasteiger partial charge on any atom is 0.314 e. The molecule has 0 heterocycles. The van der Waals surface area contributed by atoms with Gasteiger partial charge in [-0.1, -0.05) is 12.2 Å². The molecule has 0 aromatic heterocycles. The molecule has 4 heteroatoms. The molecule has 62 valence electrons. The average molecular weight is 166 g/mol. The molecule has 0 amide bonds. The fraction of sp³-hybridized carbons (Fsp3) is 0.333. The first-order chi connectivity index (χ1) is 4.56. The van der Waals surface area contributed by atoms with E-state index in [9.17, 15) is 0 Å². The van der Waals surface area contributed by atoms with Crippen LogP contribution < -0.4 is 0 Å². The molecule has 0 rings (SSSR count). The molecule has 10 heavy (non-hydrogen) atoms. The van der Waals surface area contributed by atoms with Crippen molar-refractivity contribution in [2.45, 2.75) is 13.8 Å². The molecule has 0 aliphatic rings. The average Bonchev–Trinajstić information content (AvgIpc) is 1.65. The van der Waals surface area contributed by atoms with E-state index in [4.69, 9.17) is 14.4 Å². The van der Waals surface area contributed by atoms with E-state index in [1.807, 2.05) is 13.8 Å². The highest BCUT2D eigenvalue weighted by molar-refractivity contribution is 7.30. The van der Waals surface area contributed by atoms with Gasteiger partial charge in [0, 0.05) is 0 Å². The summed E-state index contributed by atoms with van der Waals surface area (Å²) in [5.74, 6) is 0. The number of allylic oxidation sites excluding steroid dienone is 2. The molecule has 0 saturated heterocycles. The molecule has 0 fully saturated rings. The van der Waals surface area contributed by atoms with E-state index < -0.39 is 8.25 Å². The molecule has 3 nitrogen and oxygen atoms in total. The van der Waals surface area contributed by atoms with Crippen LogP contribution in [0.5, 0.6) is 0 Å². The van der Waals surface area contributed by atoms with Gasteiger partial charge < -0.3 is 9.79 Å². The zero-order valence-electron chi connectivity index (χ0n) is 6.37. The van der Waals surface area contributed by atoms with Gasteiger partial charge in [0.05, 0.1) is 0 Å². The Kier molecular flexibility index (Phi) is 38.2. The molecule has 0 unspecified atom stereocenters. The second-order valence-electron chi connectivity index (χ2n) is 1.10. The molecule has 0 saturated carbocycles. The third-order valence-electron chi connectivity index (χ3n) is 0. The predicted molar refractivity (Wildman–Crippen MR) is 45.2 cm³/mol. The topological polar surface area (TPSA) is 57.5 Å². The van der Waals surface area contributed by atoms with Crippen molar-refractivity contribution in [2.75, 3.05) is 0 Å². The van der Waals surface area contributed by atoms with Gasteiger partial charge in [-0.2, -0.15) is 0 Å². The Morgan fingerprint density at radius 3 is 1.20 bits per heavy atom. The van der Waals surface area contributed by atoms with Gasteiger partial charge in [-0.3, -0.25) is 4.57 Å². The van der Waals surface area contributed by atoms with Crippen LogP contribution in [0, 0.1) is 0 Å². The lowest BCUT2D eigenvalue weighted by Gasteiger charge is -1.61. The molecule has 0 aliphatic carbocycles. The van der Waals surface area contributed by atoms with Gasteiger partial charge in [-0.15, -0.1) is 13.2 Å². The largest absolute Gasteiger partial charge is 0.326 e.